The molecule has 1 N–H and O–H groups in total. The van der Waals surface area contributed by atoms with Crippen LogP contribution in [0.1, 0.15) is 12.6 Å². The minimum absolute atomic E-state index is 0.168. The molecule has 0 saturated heterocycles. The van der Waals surface area contributed by atoms with Crippen molar-refractivity contribution in [1.29, 1.82) is 0 Å². The molecule has 1 aliphatic rings. The zero-order valence-electron chi connectivity index (χ0n) is 10.0. The molecule has 0 aliphatic carbocycles. The van der Waals surface area contributed by atoms with E-state index in [0.29, 0.717) is 17.4 Å². The first-order valence-electron chi connectivity index (χ1n) is 5.40. The molecule has 0 spiro atoms. The molecule has 0 radical (unpaired) electrons. The Morgan fingerprint density at radius 3 is 3.05 bits per heavy atom. The van der Waals surface area contributed by atoms with Gasteiger partial charge in [-0.3, -0.25) is 0 Å². The third-order valence-corrected chi connectivity index (χ3v) is 2.76. The molecule has 0 fully saturated rings. The van der Waals surface area contributed by atoms with Crippen LogP contribution in [0.5, 0.6) is 0 Å². The molecule has 0 aromatic carbocycles. The van der Waals surface area contributed by atoms with Crippen LogP contribution in [0.25, 0.3) is 0 Å². The largest absolute Gasteiger partial charge is 0.506 e. The predicted octanol–water partition coefficient (Wildman–Crippen LogP) is 2.02. The first-order chi connectivity index (χ1) is 9.20. The van der Waals surface area contributed by atoms with Crippen molar-refractivity contribution in [2.24, 2.45) is 10.2 Å². The van der Waals surface area contributed by atoms with Crippen molar-refractivity contribution in [2.75, 3.05) is 13.2 Å². The predicted molar refractivity (Wildman–Crippen MR) is 63.7 cm³/mol. The molecule has 0 unspecified atom stereocenters. The first kappa shape index (κ1) is 13.6. The molecule has 1 aromatic rings. The lowest BCUT2D eigenvalue weighted by molar-refractivity contribution is -0.301. The number of azo groups is 1. The summed E-state index contributed by atoms with van der Waals surface area (Å²) in [5, 5.41) is 18.8. The Balaban J connectivity index is 1.96. The van der Waals surface area contributed by atoms with Crippen LogP contribution in [-0.2, 0) is 25.9 Å². The lowest BCUT2D eigenvalue weighted by Gasteiger charge is -1.96. The number of rotatable bonds is 6. The summed E-state index contributed by atoms with van der Waals surface area (Å²) in [7, 11) is 0. The van der Waals surface area contributed by atoms with Crippen LogP contribution >= 0.6 is 11.3 Å². The van der Waals surface area contributed by atoms with Gasteiger partial charge in [-0.1, -0.05) is 0 Å². The van der Waals surface area contributed by atoms with Crippen molar-refractivity contribution in [3.8, 4) is 0 Å². The summed E-state index contributed by atoms with van der Waals surface area (Å²) in [5.41, 5.74) is 0.446. The van der Waals surface area contributed by atoms with Crippen molar-refractivity contribution in [3.63, 3.8) is 0 Å². The van der Waals surface area contributed by atoms with E-state index in [1.54, 1.807) is 5.38 Å². The van der Waals surface area contributed by atoms with Crippen molar-refractivity contribution in [1.82, 2.24) is 4.98 Å². The van der Waals surface area contributed by atoms with Gasteiger partial charge in [0.2, 0.25) is 10.8 Å². The highest BCUT2D eigenvalue weighted by Crippen LogP contribution is 2.22. The number of hydrogen-bond donors (Lipinski definition) is 1. The van der Waals surface area contributed by atoms with Crippen LogP contribution in [0.3, 0.4) is 0 Å². The van der Waals surface area contributed by atoms with Gasteiger partial charge >= 0.3 is 5.97 Å². The van der Waals surface area contributed by atoms with Gasteiger partial charge in [0.15, 0.2) is 12.4 Å². The van der Waals surface area contributed by atoms with E-state index in [0.717, 1.165) is 0 Å². The molecule has 2 rings (SSSR count). The van der Waals surface area contributed by atoms with E-state index in [2.05, 4.69) is 19.9 Å². The average Bonchev–Trinajstić information content (AvgIpc) is 2.96. The second-order valence-electron chi connectivity index (χ2n) is 3.36. The molecule has 1 aromatic heterocycles. The summed E-state index contributed by atoms with van der Waals surface area (Å²) in [5.74, 6) is -0.928. The van der Waals surface area contributed by atoms with E-state index in [9.17, 15) is 9.90 Å². The third kappa shape index (κ3) is 3.56. The number of ether oxygens (including phenoxy) is 1. The minimum atomic E-state index is -0.697. The topological polar surface area (TPSA) is 103 Å². The number of aliphatic hydroxyl groups is 1. The smallest absolute Gasteiger partial charge is 0.362 e. The zero-order chi connectivity index (χ0) is 13.7. The third-order valence-electron chi connectivity index (χ3n) is 1.99. The first-order valence-corrected chi connectivity index (χ1v) is 6.28. The molecule has 0 bridgehead atoms. The number of aliphatic hydroxyl groups excluding tert-OH is 1. The fraction of sp³-hybridized carbons (Fsp3) is 0.400. The summed E-state index contributed by atoms with van der Waals surface area (Å²) in [6.45, 7) is 2.29. The molecule has 0 amide bonds. The van der Waals surface area contributed by atoms with Crippen LogP contribution < -0.4 is 0 Å². The van der Waals surface area contributed by atoms with Crippen molar-refractivity contribution in [2.45, 2.75) is 13.5 Å². The molecular formula is C10H11N3O5S. The number of nitrogens with zero attached hydrogens (tertiary/aromatic N) is 3. The van der Waals surface area contributed by atoms with Gasteiger partial charge in [-0.2, -0.15) is 0 Å². The Labute approximate surface area is 112 Å². The van der Waals surface area contributed by atoms with E-state index >= 15 is 0 Å². The Morgan fingerprint density at radius 2 is 2.37 bits per heavy atom. The summed E-state index contributed by atoms with van der Waals surface area (Å²) < 4.78 is 4.57. The Hall–Kier alpha value is -1.84. The van der Waals surface area contributed by atoms with E-state index in [1.807, 2.05) is 6.92 Å². The molecule has 9 heteroatoms. The van der Waals surface area contributed by atoms with Gasteiger partial charge in [0, 0.05) is 5.38 Å². The standard InChI is InChI=1S/C10H11N3O5S/c1-2-17-18-3-6-5-19-10(11-6)13-12-8-7(14)4-16-9(8)15/h5,14H,2-4H2,1H3. The summed E-state index contributed by atoms with van der Waals surface area (Å²) in [6, 6.07) is 0. The monoisotopic (exact) mass is 285 g/mol. The normalized spacial score (nSPS) is 15.5. The van der Waals surface area contributed by atoms with Gasteiger partial charge in [-0.05, 0) is 6.92 Å². The van der Waals surface area contributed by atoms with E-state index in [4.69, 9.17) is 9.78 Å². The molecule has 8 nitrogen and oxygen atoms in total. The molecule has 0 atom stereocenters. The highest BCUT2D eigenvalue weighted by molar-refractivity contribution is 7.13. The van der Waals surface area contributed by atoms with Gasteiger partial charge in [-0.25, -0.2) is 19.6 Å². The van der Waals surface area contributed by atoms with Gasteiger partial charge < -0.3 is 9.84 Å². The maximum absolute atomic E-state index is 11.1. The zero-order valence-corrected chi connectivity index (χ0v) is 10.8. The quantitative estimate of drug-likeness (QED) is 0.282. The van der Waals surface area contributed by atoms with Crippen LogP contribution in [0.2, 0.25) is 0 Å². The maximum atomic E-state index is 11.1. The summed E-state index contributed by atoms with van der Waals surface area (Å²) in [6.07, 6.45) is 0. The molecule has 102 valence electrons. The van der Waals surface area contributed by atoms with Gasteiger partial charge in [0.1, 0.15) is 6.61 Å². The fourth-order valence-electron chi connectivity index (χ4n) is 1.17. The second kappa shape index (κ2) is 6.36. The molecule has 1 aliphatic heterocycles. The summed E-state index contributed by atoms with van der Waals surface area (Å²) in [4.78, 5) is 24.8. The lowest BCUT2D eigenvalue weighted by Crippen LogP contribution is -1.96. The highest BCUT2D eigenvalue weighted by atomic mass is 32.1. The number of hydrogen-bond acceptors (Lipinski definition) is 9. The molecule has 2 heterocycles. The molecule has 19 heavy (non-hydrogen) atoms. The number of cyclic esters (lactones) is 1. The van der Waals surface area contributed by atoms with E-state index in [-0.39, 0.29) is 24.7 Å². The number of carbonyl (C=O) groups excluding carboxylic acids is 1. The van der Waals surface area contributed by atoms with Crippen molar-refractivity contribution in [3.05, 3.63) is 22.5 Å². The number of thiazole rings is 1. The Kier molecular flexibility index (Phi) is 4.55. The SMILES string of the molecule is CCOOCc1csc(N=NC2=C(O)COC2=O)n1. The number of esters is 1. The highest BCUT2D eigenvalue weighted by Gasteiger charge is 2.24. The minimum Gasteiger partial charge on any atom is -0.506 e. The van der Waals surface area contributed by atoms with E-state index < -0.39 is 5.97 Å². The van der Waals surface area contributed by atoms with E-state index in [1.165, 1.54) is 11.3 Å². The van der Waals surface area contributed by atoms with Crippen molar-refractivity contribution < 1.29 is 24.4 Å². The van der Waals surface area contributed by atoms with Crippen LogP contribution in [0.15, 0.2) is 27.1 Å². The average molecular weight is 285 g/mol. The van der Waals surface area contributed by atoms with Gasteiger partial charge in [-0.15, -0.1) is 21.6 Å². The molecular weight excluding hydrogens is 274 g/mol. The van der Waals surface area contributed by atoms with Crippen LogP contribution in [0, 0.1) is 0 Å². The molecule has 0 saturated carbocycles. The van der Waals surface area contributed by atoms with Crippen LogP contribution in [-0.4, -0.2) is 29.3 Å². The van der Waals surface area contributed by atoms with Crippen molar-refractivity contribution >= 4 is 22.4 Å². The second-order valence-corrected chi connectivity index (χ2v) is 4.20. The van der Waals surface area contributed by atoms with Crippen LogP contribution in [0.4, 0.5) is 5.13 Å². The Bertz CT molecular complexity index is 525. The Morgan fingerprint density at radius 1 is 1.53 bits per heavy atom. The maximum Gasteiger partial charge on any atom is 0.362 e. The number of aromatic nitrogens is 1. The lowest BCUT2D eigenvalue weighted by atomic mass is 10.4. The fourth-order valence-corrected chi connectivity index (χ4v) is 1.79. The van der Waals surface area contributed by atoms with Gasteiger partial charge in [0.25, 0.3) is 0 Å². The summed E-state index contributed by atoms with van der Waals surface area (Å²) >= 11 is 1.23. The number of carbonyl (C=O) groups is 1. The van der Waals surface area contributed by atoms with Gasteiger partial charge in [0.05, 0.1) is 12.3 Å².